The third-order valence-corrected chi connectivity index (χ3v) is 3.32. The second kappa shape index (κ2) is 6.48. The first kappa shape index (κ1) is 13.8. The van der Waals surface area contributed by atoms with Crippen LogP contribution in [0.25, 0.3) is 0 Å². The number of ether oxygens (including phenoxy) is 1. The van der Waals surface area contributed by atoms with Gasteiger partial charge in [-0.3, -0.25) is 0 Å². The first-order chi connectivity index (χ1) is 9.19. The van der Waals surface area contributed by atoms with Crippen molar-refractivity contribution >= 4 is 17.3 Å². The van der Waals surface area contributed by atoms with E-state index in [1.807, 2.05) is 30.3 Å². The van der Waals surface area contributed by atoms with Crippen molar-refractivity contribution in [2.45, 2.75) is 13.3 Å². The summed E-state index contributed by atoms with van der Waals surface area (Å²) >= 11 is 5.99. The van der Waals surface area contributed by atoms with E-state index in [1.54, 1.807) is 7.11 Å². The van der Waals surface area contributed by atoms with Crippen LogP contribution in [0.4, 0.5) is 5.69 Å². The van der Waals surface area contributed by atoms with E-state index in [1.165, 1.54) is 11.1 Å². The van der Waals surface area contributed by atoms with Gasteiger partial charge in [0.1, 0.15) is 5.75 Å². The Morgan fingerprint density at radius 3 is 2.53 bits per heavy atom. The molecule has 1 N–H and O–H groups in total. The van der Waals surface area contributed by atoms with E-state index in [-0.39, 0.29) is 0 Å². The van der Waals surface area contributed by atoms with Crippen LogP contribution >= 0.6 is 11.6 Å². The van der Waals surface area contributed by atoms with Crippen molar-refractivity contribution in [2.75, 3.05) is 19.0 Å². The average molecular weight is 276 g/mol. The van der Waals surface area contributed by atoms with E-state index < -0.39 is 0 Å². The Balaban J connectivity index is 1.90. The minimum Gasteiger partial charge on any atom is -0.497 e. The summed E-state index contributed by atoms with van der Waals surface area (Å²) in [5.41, 5.74) is 3.59. The molecule has 2 aromatic rings. The van der Waals surface area contributed by atoms with Gasteiger partial charge in [-0.2, -0.15) is 0 Å². The van der Waals surface area contributed by atoms with Crippen molar-refractivity contribution in [3.05, 3.63) is 58.6 Å². The fraction of sp³-hybridized carbons (Fsp3) is 0.250. The molecule has 3 heteroatoms. The first-order valence-corrected chi connectivity index (χ1v) is 6.70. The fourth-order valence-electron chi connectivity index (χ4n) is 1.92. The largest absolute Gasteiger partial charge is 0.497 e. The normalized spacial score (nSPS) is 10.3. The van der Waals surface area contributed by atoms with Gasteiger partial charge in [0, 0.05) is 17.3 Å². The van der Waals surface area contributed by atoms with Gasteiger partial charge in [-0.25, -0.2) is 0 Å². The molecule has 2 aromatic carbocycles. The quantitative estimate of drug-likeness (QED) is 0.878. The van der Waals surface area contributed by atoms with Gasteiger partial charge in [-0.15, -0.1) is 0 Å². The van der Waals surface area contributed by atoms with E-state index in [4.69, 9.17) is 16.3 Å². The maximum Gasteiger partial charge on any atom is 0.118 e. The monoisotopic (exact) mass is 275 g/mol. The predicted molar refractivity (Wildman–Crippen MR) is 81.4 cm³/mol. The standard InChI is InChI=1S/C16H18ClNO/c1-12-3-6-14(17)11-16(12)18-10-9-13-4-7-15(19-2)8-5-13/h3-8,11,18H,9-10H2,1-2H3. The molecule has 0 atom stereocenters. The second-order valence-corrected chi connectivity index (χ2v) is 4.92. The Morgan fingerprint density at radius 2 is 1.84 bits per heavy atom. The SMILES string of the molecule is COc1ccc(CCNc2cc(Cl)ccc2C)cc1. The number of halogens is 1. The van der Waals surface area contributed by atoms with Gasteiger partial charge in [-0.1, -0.05) is 29.8 Å². The highest BCUT2D eigenvalue weighted by atomic mass is 35.5. The highest BCUT2D eigenvalue weighted by molar-refractivity contribution is 6.30. The lowest BCUT2D eigenvalue weighted by atomic mass is 10.1. The summed E-state index contributed by atoms with van der Waals surface area (Å²) in [6.07, 6.45) is 0.968. The summed E-state index contributed by atoms with van der Waals surface area (Å²) < 4.78 is 5.14. The molecule has 0 saturated carbocycles. The van der Waals surface area contributed by atoms with Gasteiger partial charge in [0.05, 0.1) is 7.11 Å². The highest BCUT2D eigenvalue weighted by Gasteiger charge is 1.99. The predicted octanol–water partition coefficient (Wildman–Crippen LogP) is 4.31. The van der Waals surface area contributed by atoms with Gasteiger partial charge in [0.25, 0.3) is 0 Å². The molecule has 0 saturated heterocycles. The Kier molecular flexibility index (Phi) is 4.69. The van der Waals surface area contributed by atoms with Crippen LogP contribution in [-0.4, -0.2) is 13.7 Å². The number of nitrogens with one attached hydrogen (secondary N) is 1. The molecule has 0 aliphatic heterocycles. The molecule has 19 heavy (non-hydrogen) atoms. The minimum absolute atomic E-state index is 0.762. The second-order valence-electron chi connectivity index (χ2n) is 4.48. The maximum atomic E-state index is 5.99. The molecule has 0 spiro atoms. The molecular formula is C16H18ClNO. The highest BCUT2D eigenvalue weighted by Crippen LogP contribution is 2.20. The van der Waals surface area contributed by atoms with Crippen molar-refractivity contribution in [3.8, 4) is 5.75 Å². The number of rotatable bonds is 5. The lowest BCUT2D eigenvalue weighted by Crippen LogP contribution is -2.06. The smallest absolute Gasteiger partial charge is 0.118 e. The van der Waals surface area contributed by atoms with Crippen LogP contribution in [0.3, 0.4) is 0 Å². The summed E-state index contributed by atoms with van der Waals surface area (Å²) in [4.78, 5) is 0. The molecule has 2 nitrogen and oxygen atoms in total. The van der Waals surface area contributed by atoms with Crippen molar-refractivity contribution in [3.63, 3.8) is 0 Å². The Bertz CT molecular complexity index is 537. The van der Waals surface area contributed by atoms with Gasteiger partial charge < -0.3 is 10.1 Å². The molecule has 0 aliphatic rings. The molecule has 0 fully saturated rings. The van der Waals surface area contributed by atoms with E-state index >= 15 is 0 Å². The zero-order valence-corrected chi connectivity index (χ0v) is 12.0. The van der Waals surface area contributed by atoms with Crippen molar-refractivity contribution in [1.29, 1.82) is 0 Å². The van der Waals surface area contributed by atoms with Crippen LogP contribution in [0.15, 0.2) is 42.5 Å². The summed E-state index contributed by atoms with van der Waals surface area (Å²) in [5.74, 6) is 0.891. The van der Waals surface area contributed by atoms with Crippen LogP contribution in [-0.2, 0) is 6.42 Å². The van der Waals surface area contributed by atoms with Gasteiger partial charge in [0.15, 0.2) is 0 Å². The third-order valence-electron chi connectivity index (χ3n) is 3.09. The molecule has 100 valence electrons. The Labute approximate surface area is 119 Å². The van der Waals surface area contributed by atoms with Crippen molar-refractivity contribution in [2.24, 2.45) is 0 Å². The van der Waals surface area contributed by atoms with E-state index in [9.17, 15) is 0 Å². The molecule has 0 heterocycles. The van der Waals surface area contributed by atoms with Crippen molar-refractivity contribution < 1.29 is 4.74 Å². The van der Waals surface area contributed by atoms with Crippen LogP contribution in [0.1, 0.15) is 11.1 Å². The minimum atomic E-state index is 0.762. The van der Waals surface area contributed by atoms with Crippen LogP contribution in [0.2, 0.25) is 5.02 Å². The molecule has 0 aromatic heterocycles. The number of benzene rings is 2. The van der Waals surface area contributed by atoms with Crippen molar-refractivity contribution in [1.82, 2.24) is 0 Å². The van der Waals surface area contributed by atoms with E-state index in [0.717, 1.165) is 29.4 Å². The van der Waals surface area contributed by atoms with E-state index in [0.29, 0.717) is 0 Å². The van der Waals surface area contributed by atoms with Gasteiger partial charge in [0.2, 0.25) is 0 Å². The topological polar surface area (TPSA) is 21.3 Å². The summed E-state index contributed by atoms with van der Waals surface area (Å²) in [7, 11) is 1.68. The van der Waals surface area contributed by atoms with Gasteiger partial charge >= 0.3 is 0 Å². The average Bonchev–Trinajstić information content (AvgIpc) is 2.43. The summed E-state index contributed by atoms with van der Waals surface area (Å²) in [6.45, 7) is 2.96. The molecule has 0 bridgehead atoms. The van der Waals surface area contributed by atoms with Crippen LogP contribution in [0.5, 0.6) is 5.75 Å². The third kappa shape index (κ3) is 3.90. The number of methoxy groups -OCH3 is 1. The van der Waals surface area contributed by atoms with E-state index in [2.05, 4.69) is 24.4 Å². The molecule has 0 amide bonds. The lowest BCUT2D eigenvalue weighted by molar-refractivity contribution is 0.414. The number of hydrogen-bond acceptors (Lipinski definition) is 2. The molecule has 2 rings (SSSR count). The fourth-order valence-corrected chi connectivity index (χ4v) is 2.09. The maximum absolute atomic E-state index is 5.99. The van der Waals surface area contributed by atoms with Crippen LogP contribution < -0.4 is 10.1 Å². The Morgan fingerprint density at radius 1 is 1.11 bits per heavy atom. The molecule has 0 radical (unpaired) electrons. The van der Waals surface area contributed by atoms with Gasteiger partial charge in [-0.05, 0) is 48.7 Å². The number of aryl methyl sites for hydroxylation is 1. The zero-order valence-electron chi connectivity index (χ0n) is 11.2. The summed E-state index contributed by atoms with van der Waals surface area (Å²) in [6, 6.07) is 14.0. The molecular weight excluding hydrogens is 258 g/mol. The molecule has 0 unspecified atom stereocenters. The first-order valence-electron chi connectivity index (χ1n) is 6.32. The lowest BCUT2D eigenvalue weighted by Gasteiger charge is -2.10. The Hall–Kier alpha value is -1.67. The number of anilines is 1. The summed E-state index contributed by atoms with van der Waals surface area (Å²) in [5, 5.41) is 4.18. The van der Waals surface area contributed by atoms with Crippen LogP contribution in [0, 0.1) is 6.92 Å². The number of hydrogen-bond donors (Lipinski definition) is 1. The zero-order chi connectivity index (χ0) is 13.7. The molecule has 0 aliphatic carbocycles.